The van der Waals surface area contributed by atoms with E-state index in [9.17, 15) is 0 Å². The number of aromatic nitrogens is 1. The van der Waals surface area contributed by atoms with Crippen LogP contribution < -0.4 is 29.1 Å². The Morgan fingerprint density at radius 3 is 2.12 bits per heavy atom. The van der Waals surface area contributed by atoms with Gasteiger partial charge in [0.05, 0.1) is 0 Å². The van der Waals surface area contributed by atoms with Gasteiger partial charge in [0.15, 0.2) is 0 Å². The van der Waals surface area contributed by atoms with Crippen molar-refractivity contribution in [1.82, 2.24) is 4.98 Å². The van der Waals surface area contributed by atoms with Crippen LogP contribution in [0.4, 0.5) is 0 Å². The second-order valence-electron chi connectivity index (χ2n) is 1.00. The molecule has 0 amide bonds. The maximum atomic E-state index is 2.97. The van der Waals surface area contributed by atoms with Gasteiger partial charge in [0.25, 0.3) is 0 Å². The van der Waals surface area contributed by atoms with Crippen molar-refractivity contribution in [2.24, 2.45) is 0 Å². The summed E-state index contributed by atoms with van der Waals surface area (Å²) < 4.78 is 1.15. The van der Waals surface area contributed by atoms with Gasteiger partial charge in [0.1, 0.15) is 0 Å². The number of rotatable bonds is 0. The summed E-state index contributed by atoms with van der Waals surface area (Å²) >= 11 is 2.48. The number of aromatic amines is 1. The van der Waals surface area contributed by atoms with E-state index < -0.39 is 0 Å². The zero-order valence-electron chi connectivity index (χ0n) is 3.84. The normalized spacial score (nSPS) is 6.50. The number of hydrogen-bond acceptors (Lipinski definition) is 0. The minimum absolute atomic E-state index is 0. The van der Waals surface area contributed by atoms with Gasteiger partial charge in [-0.15, -0.1) is 0 Å². The van der Waals surface area contributed by atoms with Crippen molar-refractivity contribution < 1.29 is 43.1 Å². The molecule has 1 aromatic heterocycles. The van der Waals surface area contributed by atoms with Crippen LogP contribution in [0.5, 0.6) is 0 Å². The summed E-state index contributed by atoms with van der Waals surface area (Å²) in [7, 11) is 0. The fourth-order valence-corrected chi connectivity index (χ4v) is 0.616. The monoisotopic (exact) mass is 238 g/mol. The molecule has 0 unspecified atom stereocenters. The number of H-pyrrole nitrogens is 1. The zero-order valence-corrected chi connectivity index (χ0v) is 7.09. The molecule has 1 N–H and O–H groups in total. The van der Waals surface area contributed by atoms with Crippen molar-refractivity contribution in [2.75, 3.05) is 0 Å². The second-order valence-corrected chi connectivity index (χ2v) is 1.94. The molecule has 0 spiro atoms. The Balaban J connectivity index is 0. The van der Waals surface area contributed by atoms with E-state index in [1.807, 2.05) is 18.3 Å². The van der Waals surface area contributed by atoms with E-state index in [1.165, 1.54) is 0 Å². The molecule has 0 saturated carbocycles. The molecule has 0 aliphatic heterocycles. The predicted octanol–water partition coefficient (Wildman–Crippen LogP) is -5.81. The van der Waals surface area contributed by atoms with Crippen molar-refractivity contribution in [3.63, 3.8) is 0 Å². The van der Waals surface area contributed by atoms with E-state index >= 15 is 0 Å². The molecule has 0 aliphatic carbocycles. The molecular formula is C4H4Cl2NRu. The molecule has 0 bridgehead atoms. The van der Waals surface area contributed by atoms with Crippen LogP contribution in [-0.4, -0.2) is 4.98 Å². The first-order chi connectivity index (χ1) is 2.89. The summed E-state index contributed by atoms with van der Waals surface area (Å²) in [6.45, 7) is 0. The molecular weight excluding hydrogens is 234 g/mol. The van der Waals surface area contributed by atoms with E-state index in [0.29, 0.717) is 0 Å². The Morgan fingerprint density at radius 2 is 2.00 bits per heavy atom. The molecule has 0 atom stereocenters. The zero-order chi connectivity index (χ0) is 4.41. The van der Waals surface area contributed by atoms with Crippen LogP contribution in [0.2, 0.25) is 0 Å². The molecule has 0 aromatic carbocycles. The Morgan fingerprint density at radius 1 is 1.38 bits per heavy atom. The molecule has 1 nitrogen and oxygen atoms in total. The van der Waals surface area contributed by atoms with Crippen LogP contribution in [-0.2, 0) is 18.3 Å². The molecule has 47 valence electrons. The quantitative estimate of drug-likeness (QED) is 0.433. The van der Waals surface area contributed by atoms with Gasteiger partial charge in [-0.05, 0) is 0 Å². The third-order valence-electron chi connectivity index (χ3n) is 0.552. The molecule has 1 rings (SSSR count). The van der Waals surface area contributed by atoms with Crippen molar-refractivity contribution >= 4 is 4.29 Å². The van der Waals surface area contributed by atoms with Crippen LogP contribution in [0.25, 0.3) is 0 Å². The summed E-state index contributed by atoms with van der Waals surface area (Å²) in [5.74, 6) is 0. The summed E-state index contributed by atoms with van der Waals surface area (Å²) in [5, 5.41) is 0. The van der Waals surface area contributed by atoms with Gasteiger partial charge >= 0.3 is 45.9 Å². The van der Waals surface area contributed by atoms with Gasteiger partial charge in [-0.2, -0.15) is 0 Å². The average Bonchev–Trinajstić information content (AvgIpc) is 1.86. The van der Waals surface area contributed by atoms with Crippen LogP contribution in [0.15, 0.2) is 18.3 Å². The molecule has 0 radical (unpaired) electrons. The van der Waals surface area contributed by atoms with Gasteiger partial charge in [0, 0.05) is 0 Å². The van der Waals surface area contributed by atoms with Crippen molar-refractivity contribution in [2.45, 2.75) is 0 Å². The number of nitrogens with one attached hydrogen (secondary N) is 1. The van der Waals surface area contributed by atoms with E-state index in [1.54, 1.807) is 0 Å². The molecule has 1 aromatic rings. The maximum absolute atomic E-state index is 2.97. The van der Waals surface area contributed by atoms with E-state index in [4.69, 9.17) is 0 Å². The van der Waals surface area contributed by atoms with Crippen molar-refractivity contribution in [1.29, 1.82) is 0 Å². The first-order valence-corrected chi connectivity index (χ1v) is 2.54. The van der Waals surface area contributed by atoms with Crippen molar-refractivity contribution in [3.8, 4) is 0 Å². The molecule has 4 heteroatoms. The van der Waals surface area contributed by atoms with E-state index in [0.717, 1.165) is 4.29 Å². The molecule has 8 heavy (non-hydrogen) atoms. The molecule has 1 heterocycles. The molecule has 0 aliphatic rings. The first kappa shape index (κ1) is 11.3. The predicted molar refractivity (Wildman–Crippen MR) is 20.4 cm³/mol. The van der Waals surface area contributed by atoms with E-state index in [2.05, 4.69) is 23.3 Å². The van der Waals surface area contributed by atoms with Crippen LogP contribution in [0.1, 0.15) is 0 Å². The standard InChI is InChI=1S/C4H4N.2ClH.Ru/c1-2-4-5-3-1;;;/h1-3,5H;2*1H;/q;;;+2/p-2. The minimum atomic E-state index is 0. The first-order valence-electron chi connectivity index (χ1n) is 1.67. The summed E-state index contributed by atoms with van der Waals surface area (Å²) in [6.07, 6.45) is 1.89. The SMILES string of the molecule is [Cl-].[Cl-].[Ru+2][c]1ccc[nH]1. The average molecular weight is 238 g/mol. The van der Waals surface area contributed by atoms with Gasteiger partial charge in [-0.25, -0.2) is 0 Å². The Labute approximate surface area is 70.7 Å². The second kappa shape index (κ2) is 5.62. The van der Waals surface area contributed by atoms with Crippen LogP contribution in [0.3, 0.4) is 0 Å². The molecule has 0 saturated heterocycles. The number of hydrogen-bond donors (Lipinski definition) is 1. The van der Waals surface area contributed by atoms with Crippen LogP contribution in [0, 0.1) is 0 Å². The third-order valence-corrected chi connectivity index (χ3v) is 1.09. The summed E-state index contributed by atoms with van der Waals surface area (Å²) in [5.41, 5.74) is 0. The fraction of sp³-hybridized carbons (Fsp3) is 0. The van der Waals surface area contributed by atoms with Gasteiger partial charge in [-0.3, -0.25) is 0 Å². The summed E-state index contributed by atoms with van der Waals surface area (Å²) in [6, 6.07) is 3.96. The Bertz CT molecular complexity index is 118. The Hall–Kier alpha value is 0.483. The topological polar surface area (TPSA) is 15.8 Å². The van der Waals surface area contributed by atoms with Crippen LogP contribution >= 0.6 is 0 Å². The van der Waals surface area contributed by atoms with Crippen molar-refractivity contribution in [3.05, 3.63) is 18.3 Å². The molecule has 0 fully saturated rings. The summed E-state index contributed by atoms with van der Waals surface area (Å²) in [4.78, 5) is 2.97. The fourth-order valence-electron chi connectivity index (χ4n) is 0.304. The van der Waals surface area contributed by atoms with Gasteiger partial charge < -0.3 is 24.8 Å². The van der Waals surface area contributed by atoms with E-state index in [-0.39, 0.29) is 24.8 Å². The van der Waals surface area contributed by atoms with Gasteiger partial charge in [0.2, 0.25) is 0 Å². The third kappa shape index (κ3) is 3.48. The number of halogens is 2. The van der Waals surface area contributed by atoms with Gasteiger partial charge in [-0.1, -0.05) is 0 Å². The Kier molecular flexibility index (Phi) is 7.94.